The van der Waals surface area contributed by atoms with Crippen LogP contribution < -0.4 is 5.73 Å². The Morgan fingerprint density at radius 2 is 2.13 bits per heavy atom. The molecule has 2 amide bonds. The zero-order valence-electron chi connectivity index (χ0n) is 9.10. The molecule has 0 spiro atoms. The lowest BCUT2D eigenvalue weighted by molar-refractivity contribution is -0.139. The molecule has 0 aromatic heterocycles. The largest absolute Gasteiger partial charge is 0.375 e. The van der Waals surface area contributed by atoms with Gasteiger partial charge in [0.2, 0.25) is 11.8 Å². The highest BCUT2D eigenvalue weighted by atomic mass is 16.5. The van der Waals surface area contributed by atoms with Crippen molar-refractivity contribution in [3.8, 4) is 0 Å². The van der Waals surface area contributed by atoms with E-state index in [2.05, 4.69) is 0 Å². The second kappa shape index (κ2) is 5.09. The van der Waals surface area contributed by atoms with Crippen LogP contribution in [0.1, 0.15) is 0 Å². The highest BCUT2D eigenvalue weighted by Crippen LogP contribution is 2.07. The number of nitrogens with two attached hydrogens (primary N) is 1. The number of amides is 2. The number of rotatable bonds is 3. The molecule has 0 saturated carbocycles. The summed E-state index contributed by atoms with van der Waals surface area (Å²) in [5.41, 5.74) is 5.24. The van der Waals surface area contributed by atoms with E-state index in [0.29, 0.717) is 19.6 Å². The Hall–Kier alpha value is -1.14. The number of piperazine rings is 1. The van der Waals surface area contributed by atoms with E-state index in [4.69, 9.17) is 10.5 Å². The highest BCUT2D eigenvalue weighted by molar-refractivity contribution is 5.82. The van der Waals surface area contributed by atoms with Crippen molar-refractivity contribution in [1.82, 2.24) is 9.80 Å². The molecule has 6 nitrogen and oxygen atoms in total. The first kappa shape index (κ1) is 11.9. The Kier molecular flexibility index (Phi) is 4.05. The summed E-state index contributed by atoms with van der Waals surface area (Å²) >= 11 is 0. The van der Waals surface area contributed by atoms with Gasteiger partial charge >= 0.3 is 0 Å². The van der Waals surface area contributed by atoms with E-state index in [9.17, 15) is 9.59 Å². The van der Waals surface area contributed by atoms with Gasteiger partial charge in [0, 0.05) is 26.7 Å². The van der Waals surface area contributed by atoms with Crippen molar-refractivity contribution in [2.75, 3.05) is 40.4 Å². The van der Waals surface area contributed by atoms with E-state index in [-0.39, 0.29) is 18.6 Å². The maximum atomic E-state index is 11.5. The number of primary amides is 1. The van der Waals surface area contributed by atoms with E-state index in [1.165, 1.54) is 7.11 Å². The van der Waals surface area contributed by atoms with Crippen LogP contribution in [0.2, 0.25) is 0 Å². The summed E-state index contributed by atoms with van der Waals surface area (Å²) in [5.74, 6) is -0.496. The molecular weight excluding hydrogens is 198 g/mol. The van der Waals surface area contributed by atoms with Gasteiger partial charge in [-0.25, -0.2) is 0 Å². The number of ether oxygens (including phenoxy) is 1. The number of carbonyl (C=O) groups excluding carboxylic acids is 2. The quantitative estimate of drug-likeness (QED) is 0.606. The molecule has 1 aliphatic rings. The Balaban J connectivity index is 2.57. The third kappa shape index (κ3) is 2.90. The predicted octanol–water partition coefficient (Wildman–Crippen LogP) is -1.74. The fraction of sp³-hybridized carbons (Fsp3) is 0.778. The Morgan fingerprint density at radius 3 is 2.67 bits per heavy atom. The molecule has 0 aromatic carbocycles. The maximum Gasteiger partial charge on any atom is 0.248 e. The highest BCUT2D eigenvalue weighted by Gasteiger charge is 2.30. The standard InChI is InChI=1S/C9H17N3O3/c1-11-3-4-12(8(13)6-15-2)5-7(11)9(10)14/h7H,3-6H2,1-2H3,(H2,10,14)/t7-/m1/s1. The van der Waals surface area contributed by atoms with Gasteiger partial charge in [0.25, 0.3) is 0 Å². The molecular formula is C9H17N3O3. The van der Waals surface area contributed by atoms with Gasteiger partial charge in [-0.2, -0.15) is 0 Å². The van der Waals surface area contributed by atoms with Gasteiger partial charge < -0.3 is 15.4 Å². The topological polar surface area (TPSA) is 75.9 Å². The molecule has 1 aliphatic heterocycles. The summed E-state index contributed by atoms with van der Waals surface area (Å²) in [6, 6.07) is -0.389. The number of hydrogen-bond donors (Lipinski definition) is 1. The summed E-state index contributed by atoms with van der Waals surface area (Å²) in [6.45, 7) is 1.68. The van der Waals surface area contributed by atoms with Gasteiger partial charge in [0.1, 0.15) is 12.6 Å². The van der Waals surface area contributed by atoms with E-state index in [0.717, 1.165) is 0 Å². The zero-order chi connectivity index (χ0) is 11.4. The lowest BCUT2D eigenvalue weighted by Gasteiger charge is -2.37. The van der Waals surface area contributed by atoms with Gasteiger partial charge in [-0.1, -0.05) is 0 Å². The minimum Gasteiger partial charge on any atom is -0.375 e. The smallest absolute Gasteiger partial charge is 0.248 e. The first-order valence-electron chi connectivity index (χ1n) is 4.82. The molecule has 1 fully saturated rings. The van der Waals surface area contributed by atoms with Crippen LogP contribution in [-0.2, 0) is 14.3 Å². The lowest BCUT2D eigenvalue weighted by atomic mass is 10.1. The Morgan fingerprint density at radius 1 is 1.47 bits per heavy atom. The normalized spacial score (nSPS) is 22.8. The average Bonchev–Trinajstić information content (AvgIpc) is 2.18. The molecule has 1 heterocycles. The molecule has 0 radical (unpaired) electrons. The van der Waals surface area contributed by atoms with Crippen molar-refractivity contribution in [1.29, 1.82) is 0 Å². The summed E-state index contributed by atoms with van der Waals surface area (Å²) < 4.78 is 4.76. The Bertz CT molecular complexity index is 257. The van der Waals surface area contributed by atoms with Crippen LogP contribution in [0.3, 0.4) is 0 Å². The first-order chi connectivity index (χ1) is 7.06. The van der Waals surface area contributed by atoms with Crippen LogP contribution in [-0.4, -0.2) is 68.1 Å². The molecule has 1 saturated heterocycles. The predicted molar refractivity (Wildman–Crippen MR) is 54.1 cm³/mol. The molecule has 6 heteroatoms. The van der Waals surface area contributed by atoms with Gasteiger partial charge in [-0.05, 0) is 7.05 Å². The summed E-state index contributed by atoms with van der Waals surface area (Å²) in [5, 5.41) is 0. The van der Waals surface area contributed by atoms with Crippen LogP contribution in [0.15, 0.2) is 0 Å². The second-order valence-corrected chi connectivity index (χ2v) is 3.67. The van der Waals surface area contributed by atoms with Gasteiger partial charge in [0.15, 0.2) is 0 Å². The van der Waals surface area contributed by atoms with Gasteiger partial charge in [-0.15, -0.1) is 0 Å². The average molecular weight is 215 g/mol. The van der Waals surface area contributed by atoms with Crippen LogP contribution in [0, 0.1) is 0 Å². The van der Waals surface area contributed by atoms with E-state index < -0.39 is 5.91 Å². The summed E-state index contributed by atoms with van der Waals surface area (Å²) in [6.07, 6.45) is 0. The molecule has 0 aliphatic carbocycles. The van der Waals surface area contributed by atoms with Crippen LogP contribution in [0.5, 0.6) is 0 Å². The number of likely N-dealkylation sites (N-methyl/N-ethyl adjacent to an activating group) is 1. The van der Waals surface area contributed by atoms with Crippen molar-refractivity contribution in [2.24, 2.45) is 5.73 Å². The molecule has 86 valence electrons. The van der Waals surface area contributed by atoms with Crippen molar-refractivity contribution in [3.63, 3.8) is 0 Å². The fourth-order valence-electron chi connectivity index (χ4n) is 1.62. The summed E-state index contributed by atoms with van der Waals surface area (Å²) in [4.78, 5) is 26.1. The molecule has 0 unspecified atom stereocenters. The van der Waals surface area contributed by atoms with Crippen molar-refractivity contribution in [2.45, 2.75) is 6.04 Å². The fourth-order valence-corrected chi connectivity index (χ4v) is 1.62. The molecule has 1 atom stereocenters. The molecule has 2 N–H and O–H groups in total. The number of nitrogens with zero attached hydrogens (tertiary/aromatic N) is 2. The molecule has 15 heavy (non-hydrogen) atoms. The minimum atomic E-state index is -0.396. The van der Waals surface area contributed by atoms with E-state index >= 15 is 0 Å². The maximum absolute atomic E-state index is 11.5. The van der Waals surface area contributed by atoms with E-state index in [1.54, 1.807) is 4.90 Å². The number of hydrogen-bond acceptors (Lipinski definition) is 4. The minimum absolute atomic E-state index is 0.0508. The van der Waals surface area contributed by atoms with E-state index in [1.807, 2.05) is 11.9 Å². The third-order valence-corrected chi connectivity index (χ3v) is 2.60. The van der Waals surface area contributed by atoms with Crippen molar-refractivity contribution in [3.05, 3.63) is 0 Å². The monoisotopic (exact) mass is 215 g/mol. The zero-order valence-corrected chi connectivity index (χ0v) is 9.10. The number of carbonyl (C=O) groups is 2. The third-order valence-electron chi connectivity index (χ3n) is 2.60. The van der Waals surface area contributed by atoms with Crippen LogP contribution >= 0.6 is 0 Å². The van der Waals surface area contributed by atoms with Crippen LogP contribution in [0.4, 0.5) is 0 Å². The summed E-state index contributed by atoms with van der Waals surface area (Å²) in [7, 11) is 3.30. The van der Waals surface area contributed by atoms with Crippen molar-refractivity contribution < 1.29 is 14.3 Å². The van der Waals surface area contributed by atoms with Gasteiger partial charge in [0.05, 0.1) is 0 Å². The van der Waals surface area contributed by atoms with Gasteiger partial charge in [-0.3, -0.25) is 14.5 Å². The van der Waals surface area contributed by atoms with Crippen molar-refractivity contribution >= 4 is 11.8 Å². The Labute approximate surface area is 88.9 Å². The first-order valence-corrected chi connectivity index (χ1v) is 4.82. The SMILES string of the molecule is COCC(=O)N1CCN(C)[C@@H](C(N)=O)C1. The molecule has 0 aromatic rings. The second-order valence-electron chi connectivity index (χ2n) is 3.67. The lowest BCUT2D eigenvalue weighted by Crippen LogP contribution is -2.58. The molecule has 1 rings (SSSR count). The molecule has 0 bridgehead atoms. The number of methoxy groups -OCH3 is 1. The van der Waals surface area contributed by atoms with Crippen LogP contribution in [0.25, 0.3) is 0 Å².